The Bertz CT molecular complexity index is 1400. The molecule has 0 atom stereocenters. The number of carbonyl (C=O) groups is 2. The zero-order chi connectivity index (χ0) is 28.2. The number of ether oxygens (including phenoxy) is 2. The average molecular weight is 547 g/mol. The number of rotatable bonds is 11. The number of nitrogens with zero attached hydrogens (tertiary/aromatic N) is 2. The van der Waals surface area contributed by atoms with Crippen molar-refractivity contribution in [1.29, 1.82) is 0 Å². The van der Waals surface area contributed by atoms with Crippen LogP contribution in [0.5, 0.6) is 11.5 Å². The van der Waals surface area contributed by atoms with Crippen LogP contribution in [-0.2, 0) is 17.4 Å². The molecule has 0 bridgehead atoms. The summed E-state index contributed by atoms with van der Waals surface area (Å²) in [7, 11) is 1.55. The molecule has 0 spiro atoms. The normalized spacial score (nSPS) is 14.0. The lowest BCUT2D eigenvalue weighted by molar-refractivity contribution is -0.136. The monoisotopic (exact) mass is 546 g/mol. The molecule has 1 saturated heterocycles. The van der Waals surface area contributed by atoms with Gasteiger partial charge in [0.1, 0.15) is 23.6 Å². The van der Waals surface area contributed by atoms with E-state index >= 15 is 0 Å². The Balaban J connectivity index is 1.33. The largest absolute Gasteiger partial charge is 0.497 e. The van der Waals surface area contributed by atoms with Crippen LogP contribution in [0.25, 0.3) is 11.0 Å². The lowest BCUT2D eigenvalue weighted by atomic mass is 10.0. The maximum Gasteiger partial charge on any atom is 0.417 e. The van der Waals surface area contributed by atoms with Crippen LogP contribution in [0.3, 0.4) is 0 Å². The molecule has 0 unspecified atom stereocenters. The van der Waals surface area contributed by atoms with E-state index in [1.165, 1.54) is 21.9 Å². The molecule has 11 heteroatoms. The minimum atomic E-state index is -4.69. The van der Waals surface area contributed by atoms with Crippen LogP contribution >= 0.6 is 0 Å². The Morgan fingerprint density at radius 2 is 1.74 bits per heavy atom. The zero-order valence-electron chi connectivity index (χ0n) is 21.7. The number of aryl methyl sites for hydroxylation is 1. The first-order valence-corrected chi connectivity index (χ1v) is 12.7. The van der Waals surface area contributed by atoms with Crippen LogP contribution in [0.1, 0.15) is 43.7 Å². The fraction of sp³-hybridized carbons (Fsp3) is 0.393. The van der Waals surface area contributed by atoms with Gasteiger partial charge in [-0.1, -0.05) is 13.3 Å². The van der Waals surface area contributed by atoms with Crippen molar-refractivity contribution in [1.82, 2.24) is 4.90 Å². The number of urea groups is 1. The highest BCUT2D eigenvalue weighted by molar-refractivity contribution is 6.12. The Labute approximate surface area is 222 Å². The number of anilines is 1. The maximum absolute atomic E-state index is 13.5. The average Bonchev–Trinajstić information content (AvgIpc) is 3.19. The summed E-state index contributed by atoms with van der Waals surface area (Å²) >= 11 is 0. The van der Waals surface area contributed by atoms with Crippen molar-refractivity contribution in [3.05, 3.63) is 64.0 Å². The number of unbranched alkanes of at least 4 members (excludes halogenated alkanes) is 2. The minimum Gasteiger partial charge on any atom is -0.497 e. The molecule has 3 amide bonds. The first kappa shape index (κ1) is 28.0. The summed E-state index contributed by atoms with van der Waals surface area (Å²) in [5, 5.41) is -0.179. The van der Waals surface area contributed by atoms with Gasteiger partial charge in [-0.05, 0) is 62.1 Å². The molecular formula is C28H29F3N2O6. The van der Waals surface area contributed by atoms with Crippen molar-refractivity contribution in [2.24, 2.45) is 0 Å². The molecule has 1 aliphatic rings. The van der Waals surface area contributed by atoms with E-state index in [1.807, 2.05) is 6.92 Å². The second-order valence-corrected chi connectivity index (χ2v) is 9.17. The molecule has 1 aliphatic heterocycles. The molecule has 1 fully saturated rings. The standard InChI is InChI=1S/C28H29F3N2O6/c1-3-7-21-23(13-12-20-22(28(29,30)31)16-25(35)39-26(20)21)38-15-6-4-5-14-32-24(34)17-33(27(32)36)18-8-10-19(37-2)11-9-18/h8-13,16H,3-7,14-15,17H2,1-2H3. The molecule has 0 N–H and O–H groups in total. The summed E-state index contributed by atoms with van der Waals surface area (Å²) < 4.78 is 56.6. The SMILES string of the molecule is CCCc1c(OCCCCCN2C(=O)CN(c3ccc(OC)cc3)C2=O)ccc2c(C(F)(F)F)cc(=O)oc12. The molecule has 39 heavy (non-hydrogen) atoms. The highest BCUT2D eigenvalue weighted by Gasteiger charge is 2.36. The van der Waals surface area contributed by atoms with E-state index in [9.17, 15) is 27.6 Å². The van der Waals surface area contributed by atoms with Gasteiger partial charge in [0, 0.05) is 29.2 Å². The van der Waals surface area contributed by atoms with Crippen LogP contribution in [0.2, 0.25) is 0 Å². The van der Waals surface area contributed by atoms with Gasteiger partial charge in [-0.25, -0.2) is 9.59 Å². The van der Waals surface area contributed by atoms with Crippen molar-refractivity contribution in [2.75, 3.05) is 31.7 Å². The van der Waals surface area contributed by atoms with E-state index in [-0.39, 0.29) is 42.6 Å². The van der Waals surface area contributed by atoms with Crippen LogP contribution < -0.4 is 20.0 Å². The Morgan fingerprint density at radius 3 is 2.41 bits per heavy atom. The first-order chi connectivity index (χ1) is 18.6. The number of carbonyl (C=O) groups excluding carboxylic acids is 2. The van der Waals surface area contributed by atoms with Gasteiger partial charge < -0.3 is 13.9 Å². The smallest absolute Gasteiger partial charge is 0.417 e. The van der Waals surface area contributed by atoms with Gasteiger partial charge in [-0.15, -0.1) is 0 Å². The summed E-state index contributed by atoms with van der Waals surface area (Å²) in [6, 6.07) is 9.71. The van der Waals surface area contributed by atoms with E-state index in [4.69, 9.17) is 13.9 Å². The van der Waals surface area contributed by atoms with Crippen LogP contribution in [0.15, 0.2) is 51.7 Å². The van der Waals surface area contributed by atoms with Gasteiger partial charge in [0.2, 0.25) is 0 Å². The number of benzene rings is 2. The van der Waals surface area contributed by atoms with E-state index in [2.05, 4.69) is 0 Å². The Morgan fingerprint density at radius 1 is 1.00 bits per heavy atom. The van der Waals surface area contributed by atoms with Crippen molar-refractivity contribution >= 4 is 28.6 Å². The number of alkyl halides is 3. The maximum atomic E-state index is 13.5. The molecule has 3 aromatic rings. The Kier molecular flexibility index (Phi) is 8.47. The van der Waals surface area contributed by atoms with E-state index in [0.717, 1.165) is 0 Å². The van der Waals surface area contributed by atoms with E-state index < -0.39 is 17.4 Å². The summed E-state index contributed by atoms with van der Waals surface area (Å²) in [6.07, 6.45) is -1.88. The molecule has 4 rings (SSSR count). The van der Waals surface area contributed by atoms with Crippen molar-refractivity contribution in [3.8, 4) is 11.5 Å². The predicted octanol–water partition coefficient (Wildman–Crippen LogP) is 5.79. The summed E-state index contributed by atoms with van der Waals surface area (Å²) in [4.78, 5) is 39.7. The topological polar surface area (TPSA) is 89.3 Å². The van der Waals surface area contributed by atoms with Crippen LogP contribution in [0, 0.1) is 0 Å². The van der Waals surface area contributed by atoms with Crippen LogP contribution in [-0.4, -0.2) is 43.6 Å². The summed E-state index contributed by atoms with van der Waals surface area (Å²) in [6.45, 7) is 2.38. The zero-order valence-corrected chi connectivity index (χ0v) is 21.7. The van der Waals surface area contributed by atoms with E-state index in [1.54, 1.807) is 31.4 Å². The molecule has 8 nitrogen and oxygen atoms in total. The number of methoxy groups -OCH3 is 1. The number of fused-ring (bicyclic) bond motifs is 1. The number of hydrogen-bond acceptors (Lipinski definition) is 6. The highest BCUT2D eigenvalue weighted by Crippen LogP contribution is 2.37. The molecule has 0 saturated carbocycles. The third-order valence-corrected chi connectivity index (χ3v) is 6.50. The lowest BCUT2D eigenvalue weighted by Crippen LogP contribution is -2.33. The van der Waals surface area contributed by atoms with Gasteiger partial charge in [-0.2, -0.15) is 13.2 Å². The fourth-order valence-corrected chi connectivity index (χ4v) is 4.58. The number of hydrogen-bond donors (Lipinski definition) is 0. The number of halogens is 3. The lowest BCUT2D eigenvalue weighted by Gasteiger charge is -2.17. The predicted molar refractivity (Wildman–Crippen MR) is 138 cm³/mol. The molecular weight excluding hydrogens is 517 g/mol. The second kappa shape index (κ2) is 11.8. The summed E-state index contributed by atoms with van der Waals surface area (Å²) in [5.41, 5.74) is -1.18. The number of imide groups is 1. The molecule has 2 heterocycles. The van der Waals surface area contributed by atoms with Crippen molar-refractivity contribution in [3.63, 3.8) is 0 Å². The van der Waals surface area contributed by atoms with E-state index in [0.29, 0.717) is 60.9 Å². The van der Waals surface area contributed by atoms with Gasteiger partial charge in [0.05, 0.1) is 19.3 Å². The molecule has 2 aromatic carbocycles. The molecule has 0 aliphatic carbocycles. The van der Waals surface area contributed by atoms with Gasteiger partial charge in [0.15, 0.2) is 0 Å². The summed E-state index contributed by atoms with van der Waals surface area (Å²) in [5.74, 6) is 0.746. The minimum absolute atomic E-state index is 0.0252. The van der Waals surface area contributed by atoms with Crippen molar-refractivity contribution < 1.29 is 36.7 Å². The van der Waals surface area contributed by atoms with Crippen molar-refractivity contribution in [2.45, 2.75) is 45.2 Å². The first-order valence-electron chi connectivity index (χ1n) is 12.7. The quantitative estimate of drug-likeness (QED) is 0.172. The third-order valence-electron chi connectivity index (χ3n) is 6.50. The highest BCUT2D eigenvalue weighted by atomic mass is 19.4. The third kappa shape index (κ3) is 6.18. The van der Waals surface area contributed by atoms with Crippen LogP contribution in [0.4, 0.5) is 23.7 Å². The molecule has 1 aromatic heterocycles. The van der Waals surface area contributed by atoms with Gasteiger partial charge in [-0.3, -0.25) is 14.6 Å². The molecule has 0 radical (unpaired) electrons. The molecule has 208 valence electrons. The Hall–Kier alpha value is -4.02. The van der Waals surface area contributed by atoms with Gasteiger partial charge >= 0.3 is 17.8 Å². The number of amides is 3. The fourth-order valence-electron chi connectivity index (χ4n) is 4.58. The van der Waals surface area contributed by atoms with Gasteiger partial charge in [0.25, 0.3) is 5.91 Å². The second-order valence-electron chi connectivity index (χ2n) is 9.17.